The van der Waals surface area contributed by atoms with Crippen LogP contribution in [0.15, 0.2) is 12.7 Å². The summed E-state index contributed by atoms with van der Waals surface area (Å²) < 4.78 is 9.82. The van der Waals surface area contributed by atoms with Crippen molar-refractivity contribution >= 4 is 18.0 Å². The lowest BCUT2D eigenvalue weighted by Crippen LogP contribution is -2.51. The molecule has 1 aliphatic heterocycles. The lowest BCUT2D eigenvalue weighted by atomic mass is 10.2. The highest BCUT2D eigenvalue weighted by Crippen LogP contribution is 2.19. The summed E-state index contributed by atoms with van der Waals surface area (Å²) in [5.41, 5.74) is -0.666. The lowest BCUT2D eigenvalue weighted by molar-refractivity contribution is -0.151. The zero-order chi connectivity index (χ0) is 16.9. The van der Waals surface area contributed by atoms with Crippen LogP contribution in [0.3, 0.4) is 0 Å². The second-order valence-corrected chi connectivity index (χ2v) is 6.07. The molecule has 0 spiro atoms. The molecule has 7 heteroatoms. The Kier molecular flexibility index (Phi) is 5.96. The van der Waals surface area contributed by atoms with Gasteiger partial charge in [0.25, 0.3) is 0 Å². The summed E-state index contributed by atoms with van der Waals surface area (Å²) in [6.45, 7) is 9.18. The van der Waals surface area contributed by atoms with Gasteiger partial charge in [0.1, 0.15) is 17.7 Å². The third-order valence-electron chi connectivity index (χ3n) is 3.18. The van der Waals surface area contributed by atoms with Gasteiger partial charge < -0.3 is 19.7 Å². The number of nitrogens with zero attached hydrogens (tertiary/aromatic N) is 1. The molecule has 0 aliphatic carbocycles. The molecule has 0 saturated carbocycles. The number of alkyl carbamates (subject to hydrolysis) is 1. The van der Waals surface area contributed by atoms with Crippen LogP contribution in [-0.4, -0.2) is 54.2 Å². The summed E-state index contributed by atoms with van der Waals surface area (Å²) in [6, 6.07) is -1.56. The first kappa shape index (κ1) is 18.0. The van der Waals surface area contributed by atoms with Crippen LogP contribution >= 0.6 is 0 Å². The number of nitrogens with one attached hydrogen (secondary N) is 1. The highest BCUT2D eigenvalue weighted by Gasteiger charge is 2.37. The first-order chi connectivity index (χ1) is 10.2. The number of carbonyl (C=O) groups is 3. The van der Waals surface area contributed by atoms with Gasteiger partial charge in [-0.05, 0) is 33.6 Å². The van der Waals surface area contributed by atoms with Gasteiger partial charge in [-0.3, -0.25) is 4.79 Å². The van der Waals surface area contributed by atoms with Crippen LogP contribution in [-0.2, 0) is 19.1 Å². The van der Waals surface area contributed by atoms with E-state index in [0.717, 1.165) is 0 Å². The Morgan fingerprint density at radius 2 is 2.00 bits per heavy atom. The van der Waals surface area contributed by atoms with Crippen LogP contribution in [0.2, 0.25) is 0 Å². The first-order valence-corrected chi connectivity index (χ1v) is 7.20. The molecule has 22 heavy (non-hydrogen) atoms. The fourth-order valence-corrected chi connectivity index (χ4v) is 2.25. The summed E-state index contributed by atoms with van der Waals surface area (Å²) in [7, 11) is 1.28. The van der Waals surface area contributed by atoms with Gasteiger partial charge in [0.05, 0.1) is 7.11 Å². The molecule has 0 unspecified atom stereocenters. The number of methoxy groups -OCH3 is 1. The number of likely N-dealkylation sites (tertiary alicyclic amines) is 1. The van der Waals surface area contributed by atoms with E-state index in [1.54, 1.807) is 20.8 Å². The quantitative estimate of drug-likeness (QED) is 0.623. The number of hydrogen-bond acceptors (Lipinski definition) is 5. The number of esters is 1. The Morgan fingerprint density at radius 1 is 1.36 bits per heavy atom. The molecule has 0 aromatic heterocycles. The number of rotatable bonds is 4. The van der Waals surface area contributed by atoms with Crippen molar-refractivity contribution in [1.29, 1.82) is 0 Å². The molecule has 124 valence electrons. The Labute approximate surface area is 130 Å². The monoisotopic (exact) mass is 312 g/mol. The van der Waals surface area contributed by atoms with Crippen molar-refractivity contribution in [3.05, 3.63) is 12.7 Å². The predicted octanol–water partition coefficient (Wildman–Crippen LogP) is 1.23. The molecule has 0 radical (unpaired) electrons. The van der Waals surface area contributed by atoms with E-state index in [9.17, 15) is 14.4 Å². The van der Waals surface area contributed by atoms with E-state index in [1.165, 1.54) is 18.1 Å². The van der Waals surface area contributed by atoms with Crippen molar-refractivity contribution in [2.24, 2.45) is 0 Å². The molecule has 7 nitrogen and oxygen atoms in total. The zero-order valence-corrected chi connectivity index (χ0v) is 13.5. The second kappa shape index (κ2) is 7.29. The summed E-state index contributed by atoms with van der Waals surface area (Å²) in [5, 5.41) is 2.45. The third kappa shape index (κ3) is 4.75. The van der Waals surface area contributed by atoms with Gasteiger partial charge in [0, 0.05) is 6.54 Å². The van der Waals surface area contributed by atoms with Crippen molar-refractivity contribution in [3.8, 4) is 0 Å². The molecule has 0 aromatic carbocycles. The fourth-order valence-electron chi connectivity index (χ4n) is 2.25. The average molecular weight is 312 g/mol. The smallest absolute Gasteiger partial charge is 0.408 e. The van der Waals surface area contributed by atoms with Crippen molar-refractivity contribution in [2.75, 3.05) is 13.7 Å². The molecular formula is C15H24N2O5. The summed E-state index contributed by atoms with van der Waals surface area (Å²) in [6.07, 6.45) is 1.87. The minimum absolute atomic E-state index is 0.395. The molecule has 1 heterocycles. The second-order valence-electron chi connectivity index (χ2n) is 6.07. The molecule has 1 fully saturated rings. The van der Waals surface area contributed by atoms with Crippen LogP contribution in [0, 0.1) is 0 Å². The van der Waals surface area contributed by atoms with E-state index < -0.39 is 35.7 Å². The van der Waals surface area contributed by atoms with E-state index in [2.05, 4.69) is 11.9 Å². The molecule has 1 aliphatic rings. The fraction of sp³-hybridized carbons (Fsp3) is 0.667. The molecule has 1 N–H and O–H groups in total. The first-order valence-electron chi connectivity index (χ1n) is 7.20. The van der Waals surface area contributed by atoms with Crippen molar-refractivity contribution < 1.29 is 23.9 Å². The summed E-state index contributed by atoms with van der Waals surface area (Å²) in [4.78, 5) is 37.4. The Hall–Kier alpha value is -2.05. The van der Waals surface area contributed by atoms with Crippen LogP contribution in [0.5, 0.6) is 0 Å². The maximum atomic E-state index is 12.5. The van der Waals surface area contributed by atoms with E-state index in [4.69, 9.17) is 9.47 Å². The molecule has 2 amide bonds. The van der Waals surface area contributed by atoms with Crippen LogP contribution in [0.25, 0.3) is 0 Å². The molecule has 1 saturated heterocycles. The Morgan fingerprint density at radius 3 is 2.50 bits per heavy atom. The normalized spacial score (nSPS) is 19.3. The summed E-state index contributed by atoms with van der Waals surface area (Å²) >= 11 is 0. The van der Waals surface area contributed by atoms with Gasteiger partial charge >= 0.3 is 12.1 Å². The number of ether oxygens (including phenoxy) is 2. The van der Waals surface area contributed by atoms with Crippen molar-refractivity contribution in [3.63, 3.8) is 0 Å². The number of carbonyl (C=O) groups excluding carboxylic acids is 3. The average Bonchev–Trinajstić information content (AvgIpc) is 2.90. The predicted molar refractivity (Wildman–Crippen MR) is 80.1 cm³/mol. The number of hydrogen-bond donors (Lipinski definition) is 1. The largest absolute Gasteiger partial charge is 0.467 e. The highest BCUT2D eigenvalue weighted by atomic mass is 16.6. The van der Waals surface area contributed by atoms with Crippen LogP contribution < -0.4 is 5.32 Å². The molecule has 2 atom stereocenters. The van der Waals surface area contributed by atoms with Gasteiger partial charge in [-0.25, -0.2) is 9.59 Å². The summed E-state index contributed by atoms with van der Waals surface area (Å²) in [5.74, 6) is -0.848. The van der Waals surface area contributed by atoms with Crippen LogP contribution in [0.1, 0.15) is 33.6 Å². The third-order valence-corrected chi connectivity index (χ3v) is 3.18. The maximum Gasteiger partial charge on any atom is 0.408 e. The SMILES string of the molecule is C=C[C@H](NC(=O)OC(C)(C)C)C(=O)N1CCC[C@H]1C(=O)OC. The van der Waals surface area contributed by atoms with Gasteiger partial charge in [-0.2, -0.15) is 0 Å². The zero-order valence-electron chi connectivity index (χ0n) is 13.5. The topological polar surface area (TPSA) is 84.9 Å². The molecule has 0 aromatic rings. The molecule has 0 bridgehead atoms. The minimum atomic E-state index is -0.944. The lowest BCUT2D eigenvalue weighted by Gasteiger charge is -2.27. The Bertz CT molecular complexity index is 455. The molecule has 1 rings (SSSR count). The maximum absolute atomic E-state index is 12.5. The van der Waals surface area contributed by atoms with Gasteiger partial charge in [-0.15, -0.1) is 6.58 Å². The van der Waals surface area contributed by atoms with Crippen molar-refractivity contribution in [2.45, 2.75) is 51.3 Å². The van der Waals surface area contributed by atoms with Gasteiger partial charge in [0.15, 0.2) is 0 Å². The van der Waals surface area contributed by atoms with Crippen molar-refractivity contribution in [1.82, 2.24) is 10.2 Å². The highest BCUT2D eigenvalue weighted by molar-refractivity contribution is 5.91. The van der Waals surface area contributed by atoms with E-state index >= 15 is 0 Å². The standard InChI is InChI=1S/C15H24N2O5/c1-6-10(16-14(20)22-15(2,3)4)12(18)17-9-7-8-11(17)13(19)21-5/h6,10-11H,1,7-9H2,2-5H3,(H,16,20)/t10-,11-/m0/s1. The van der Waals surface area contributed by atoms with Crippen LogP contribution in [0.4, 0.5) is 4.79 Å². The molecular weight excluding hydrogens is 288 g/mol. The minimum Gasteiger partial charge on any atom is -0.467 e. The van der Waals surface area contributed by atoms with E-state index in [1.807, 2.05) is 0 Å². The van der Waals surface area contributed by atoms with E-state index in [0.29, 0.717) is 19.4 Å². The van der Waals surface area contributed by atoms with E-state index in [-0.39, 0.29) is 0 Å². The van der Waals surface area contributed by atoms with Gasteiger partial charge in [-0.1, -0.05) is 6.08 Å². The Balaban J connectivity index is 2.73. The number of amides is 2. The van der Waals surface area contributed by atoms with Gasteiger partial charge in [0.2, 0.25) is 5.91 Å².